The Balaban J connectivity index is 1.55. The number of carbonyl (C=O) groups is 1. The summed E-state index contributed by atoms with van der Waals surface area (Å²) in [5, 5.41) is 6.30. The van der Waals surface area contributed by atoms with Crippen molar-refractivity contribution in [2.45, 2.75) is 31.7 Å². The minimum absolute atomic E-state index is 0.135. The highest BCUT2D eigenvalue weighted by Gasteiger charge is 2.22. The predicted octanol–water partition coefficient (Wildman–Crippen LogP) is 4.82. The molecule has 5 nitrogen and oxygen atoms in total. The van der Waals surface area contributed by atoms with Gasteiger partial charge in [0.15, 0.2) is 0 Å². The van der Waals surface area contributed by atoms with Gasteiger partial charge < -0.3 is 4.90 Å². The van der Waals surface area contributed by atoms with E-state index in [2.05, 4.69) is 10.00 Å². The normalized spacial score (nSPS) is 15.6. The first-order valence-corrected chi connectivity index (χ1v) is 11.6. The summed E-state index contributed by atoms with van der Waals surface area (Å²) in [4.78, 5) is 17.9. The zero-order chi connectivity index (χ0) is 21.1. The first kappa shape index (κ1) is 22.8. The molecule has 1 aliphatic heterocycles. The Hall–Kier alpha value is -0.920. The highest BCUT2D eigenvalue weighted by Crippen LogP contribution is 2.32. The van der Waals surface area contributed by atoms with Crippen LogP contribution in [0, 0.1) is 13.8 Å². The average molecular weight is 476 g/mol. The topological polar surface area (TPSA) is 41.4 Å². The molecule has 1 amide bonds. The highest BCUT2D eigenvalue weighted by atomic mass is 35.5. The van der Waals surface area contributed by atoms with Crippen LogP contribution in [0.5, 0.6) is 0 Å². The van der Waals surface area contributed by atoms with Crippen molar-refractivity contribution in [3.8, 4) is 0 Å². The van der Waals surface area contributed by atoms with E-state index in [1.165, 1.54) is 11.8 Å². The van der Waals surface area contributed by atoms with E-state index in [-0.39, 0.29) is 5.91 Å². The number of aryl methyl sites for hydroxylation is 3. The van der Waals surface area contributed by atoms with Gasteiger partial charge in [-0.05, 0) is 38.0 Å². The summed E-state index contributed by atoms with van der Waals surface area (Å²) in [7, 11) is 1.85. The van der Waals surface area contributed by atoms with Crippen LogP contribution in [-0.2, 0) is 18.4 Å². The molecule has 0 N–H and O–H groups in total. The molecule has 1 aliphatic rings. The van der Waals surface area contributed by atoms with E-state index in [0.717, 1.165) is 54.3 Å². The monoisotopic (exact) mass is 474 g/mol. The smallest absolute Gasteiger partial charge is 0.232 e. The van der Waals surface area contributed by atoms with Gasteiger partial charge in [0.2, 0.25) is 5.91 Å². The number of carbonyl (C=O) groups excluding carboxylic acids is 1. The van der Waals surface area contributed by atoms with E-state index in [1.54, 1.807) is 10.7 Å². The highest BCUT2D eigenvalue weighted by molar-refractivity contribution is 8.00. The quantitative estimate of drug-likeness (QED) is 0.581. The van der Waals surface area contributed by atoms with E-state index < -0.39 is 0 Å². The average Bonchev–Trinajstić information content (AvgIpc) is 2.84. The molecule has 2 aromatic rings. The minimum atomic E-state index is 0.135. The fourth-order valence-electron chi connectivity index (χ4n) is 3.43. The standard InChI is InChI=1S/C20H25Cl3N4OS/c1-13-9-18(17(22)10-16(13)21)29-12-19(28)27-6-4-5-26(7-8-27)11-15-14(2)24-25(3)20(15)23/h9-10H,4-8,11-12H2,1-3H3. The van der Waals surface area contributed by atoms with E-state index in [9.17, 15) is 4.79 Å². The first-order chi connectivity index (χ1) is 13.8. The number of benzene rings is 1. The summed E-state index contributed by atoms with van der Waals surface area (Å²) in [5.41, 5.74) is 2.99. The maximum atomic E-state index is 12.7. The van der Waals surface area contributed by atoms with Crippen LogP contribution in [-0.4, -0.2) is 57.4 Å². The second kappa shape index (κ2) is 9.92. The zero-order valence-corrected chi connectivity index (χ0v) is 19.9. The van der Waals surface area contributed by atoms with Crippen molar-refractivity contribution in [1.82, 2.24) is 19.6 Å². The van der Waals surface area contributed by atoms with Crippen LogP contribution in [0.2, 0.25) is 15.2 Å². The largest absolute Gasteiger partial charge is 0.341 e. The molecule has 0 bridgehead atoms. The Labute approximate surface area is 191 Å². The third kappa shape index (κ3) is 5.61. The van der Waals surface area contributed by atoms with Gasteiger partial charge in [-0.15, -0.1) is 11.8 Å². The molecule has 0 radical (unpaired) electrons. The van der Waals surface area contributed by atoms with E-state index >= 15 is 0 Å². The van der Waals surface area contributed by atoms with Crippen molar-refractivity contribution >= 4 is 52.5 Å². The molecule has 1 saturated heterocycles. The lowest BCUT2D eigenvalue weighted by Crippen LogP contribution is -2.36. The number of aromatic nitrogens is 2. The summed E-state index contributed by atoms with van der Waals surface area (Å²) >= 11 is 20.2. The molecular weight excluding hydrogens is 451 g/mol. The molecule has 0 aliphatic carbocycles. The van der Waals surface area contributed by atoms with Gasteiger partial charge >= 0.3 is 0 Å². The number of hydrogen-bond donors (Lipinski definition) is 0. The lowest BCUT2D eigenvalue weighted by molar-refractivity contribution is -0.128. The Bertz CT molecular complexity index is 902. The van der Waals surface area contributed by atoms with Crippen LogP contribution >= 0.6 is 46.6 Å². The molecule has 0 saturated carbocycles. The van der Waals surface area contributed by atoms with Crippen molar-refractivity contribution in [2.24, 2.45) is 7.05 Å². The molecule has 9 heteroatoms. The Morgan fingerprint density at radius 3 is 2.55 bits per heavy atom. The lowest BCUT2D eigenvalue weighted by Gasteiger charge is -2.22. The van der Waals surface area contributed by atoms with Gasteiger partial charge in [0, 0.05) is 55.3 Å². The first-order valence-electron chi connectivity index (χ1n) is 9.52. The second-order valence-electron chi connectivity index (χ2n) is 7.31. The number of hydrogen-bond acceptors (Lipinski definition) is 4. The molecule has 0 spiro atoms. The van der Waals surface area contributed by atoms with E-state index in [1.807, 2.05) is 31.9 Å². The van der Waals surface area contributed by atoms with Crippen LogP contribution in [0.15, 0.2) is 17.0 Å². The molecule has 29 heavy (non-hydrogen) atoms. The zero-order valence-electron chi connectivity index (χ0n) is 16.8. The number of rotatable bonds is 5. The maximum absolute atomic E-state index is 12.7. The Kier molecular flexibility index (Phi) is 7.79. The van der Waals surface area contributed by atoms with Crippen molar-refractivity contribution < 1.29 is 4.79 Å². The third-order valence-electron chi connectivity index (χ3n) is 5.16. The van der Waals surface area contributed by atoms with Gasteiger partial charge in [-0.3, -0.25) is 14.4 Å². The summed E-state index contributed by atoms with van der Waals surface area (Å²) in [6.07, 6.45) is 0.939. The van der Waals surface area contributed by atoms with Crippen LogP contribution in [0.3, 0.4) is 0 Å². The fourth-order valence-corrected chi connectivity index (χ4v) is 5.13. The van der Waals surface area contributed by atoms with Crippen molar-refractivity contribution in [2.75, 3.05) is 31.9 Å². The van der Waals surface area contributed by atoms with Crippen molar-refractivity contribution in [1.29, 1.82) is 0 Å². The van der Waals surface area contributed by atoms with Crippen molar-refractivity contribution in [3.63, 3.8) is 0 Å². The lowest BCUT2D eigenvalue weighted by atomic mass is 10.2. The van der Waals surface area contributed by atoms with E-state index in [4.69, 9.17) is 34.8 Å². The van der Waals surface area contributed by atoms with Gasteiger partial charge in [-0.2, -0.15) is 5.10 Å². The van der Waals surface area contributed by atoms with Gasteiger partial charge in [0.1, 0.15) is 5.15 Å². The Morgan fingerprint density at radius 2 is 1.86 bits per heavy atom. The van der Waals surface area contributed by atoms with Crippen LogP contribution in [0.4, 0.5) is 0 Å². The van der Waals surface area contributed by atoms with Crippen LogP contribution in [0.1, 0.15) is 23.2 Å². The Morgan fingerprint density at radius 1 is 1.10 bits per heavy atom. The molecule has 0 unspecified atom stereocenters. The summed E-state index contributed by atoms with van der Waals surface area (Å²) < 4.78 is 1.71. The number of thioether (sulfide) groups is 1. The molecule has 1 aromatic carbocycles. The molecule has 3 rings (SSSR count). The summed E-state index contributed by atoms with van der Waals surface area (Å²) in [5.74, 6) is 0.505. The van der Waals surface area contributed by atoms with Gasteiger partial charge in [-0.25, -0.2) is 0 Å². The number of amides is 1. The summed E-state index contributed by atoms with van der Waals surface area (Å²) in [6.45, 7) is 7.91. The van der Waals surface area contributed by atoms with E-state index in [0.29, 0.717) is 27.5 Å². The van der Waals surface area contributed by atoms with Gasteiger partial charge in [0.05, 0.1) is 16.5 Å². The molecule has 158 valence electrons. The molecule has 1 fully saturated rings. The van der Waals surface area contributed by atoms with Gasteiger partial charge in [0.25, 0.3) is 0 Å². The third-order valence-corrected chi connectivity index (χ3v) is 7.50. The fraction of sp³-hybridized carbons (Fsp3) is 0.500. The number of halogens is 3. The number of nitrogens with zero attached hydrogens (tertiary/aromatic N) is 4. The van der Waals surface area contributed by atoms with Crippen LogP contribution in [0.25, 0.3) is 0 Å². The molecular formula is C20H25Cl3N4OS. The summed E-state index contributed by atoms with van der Waals surface area (Å²) in [6, 6.07) is 3.67. The predicted molar refractivity (Wildman–Crippen MR) is 121 cm³/mol. The molecule has 1 aromatic heterocycles. The van der Waals surface area contributed by atoms with Crippen LogP contribution < -0.4 is 0 Å². The molecule has 2 heterocycles. The second-order valence-corrected chi connectivity index (χ2v) is 9.50. The molecule has 0 atom stereocenters. The van der Waals surface area contributed by atoms with Gasteiger partial charge in [-0.1, -0.05) is 34.8 Å². The maximum Gasteiger partial charge on any atom is 0.232 e. The SMILES string of the molecule is Cc1cc(SCC(=O)N2CCCN(Cc3c(C)nn(C)c3Cl)CC2)c(Cl)cc1Cl. The minimum Gasteiger partial charge on any atom is -0.341 e. The van der Waals surface area contributed by atoms with Crippen molar-refractivity contribution in [3.05, 3.63) is 44.2 Å².